The molecule has 1 heterocycles. The fourth-order valence-corrected chi connectivity index (χ4v) is 1.89. The van der Waals surface area contributed by atoms with Crippen molar-refractivity contribution in [2.75, 3.05) is 24.3 Å². The molecule has 0 saturated heterocycles. The average Bonchev–Trinajstić information content (AvgIpc) is 2.36. The number of nitrogens with zero attached hydrogens (tertiary/aromatic N) is 2. The molecule has 20 heavy (non-hydrogen) atoms. The molecule has 5 nitrogen and oxygen atoms in total. The Kier molecular flexibility index (Phi) is 4.98. The quantitative estimate of drug-likeness (QED) is 0.858. The van der Waals surface area contributed by atoms with Crippen LogP contribution in [0.1, 0.15) is 45.0 Å². The van der Waals surface area contributed by atoms with Crippen LogP contribution in [-0.2, 0) is 4.74 Å². The Bertz CT molecular complexity index is 480. The number of nitrogens with two attached hydrogens (primary N) is 1. The zero-order valence-corrected chi connectivity index (χ0v) is 13.2. The Balaban J connectivity index is 3.14. The number of aromatic nitrogens is 1. The lowest BCUT2D eigenvalue weighted by molar-refractivity contribution is 0.0527. The second kappa shape index (κ2) is 6.11. The highest BCUT2D eigenvalue weighted by Gasteiger charge is 2.27. The molecule has 0 aliphatic rings. The molecular formula is C15H25N3O2. The second-order valence-corrected chi connectivity index (χ2v) is 5.97. The van der Waals surface area contributed by atoms with Gasteiger partial charge in [0.15, 0.2) is 5.82 Å². The van der Waals surface area contributed by atoms with E-state index in [4.69, 9.17) is 10.5 Å². The van der Waals surface area contributed by atoms with Crippen LogP contribution in [0.15, 0.2) is 12.3 Å². The van der Waals surface area contributed by atoms with Crippen LogP contribution in [0.2, 0.25) is 0 Å². The van der Waals surface area contributed by atoms with Crippen LogP contribution in [0.25, 0.3) is 0 Å². The van der Waals surface area contributed by atoms with E-state index >= 15 is 0 Å². The summed E-state index contributed by atoms with van der Waals surface area (Å²) < 4.78 is 5.01. The third-order valence-corrected chi connectivity index (χ3v) is 3.63. The first-order chi connectivity index (χ1) is 9.20. The number of ether oxygens (including phenoxy) is 1. The Morgan fingerprint density at radius 2 is 2.10 bits per heavy atom. The third kappa shape index (κ3) is 3.40. The maximum absolute atomic E-state index is 11.9. The smallest absolute Gasteiger partial charge is 0.340 e. The van der Waals surface area contributed by atoms with Gasteiger partial charge >= 0.3 is 5.97 Å². The van der Waals surface area contributed by atoms with E-state index in [9.17, 15) is 4.79 Å². The molecule has 0 aliphatic carbocycles. The first kappa shape index (κ1) is 16.3. The van der Waals surface area contributed by atoms with Gasteiger partial charge in [0, 0.05) is 19.3 Å². The molecule has 1 aromatic heterocycles. The van der Waals surface area contributed by atoms with E-state index in [1.165, 1.54) is 0 Å². The summed E-state index contributed by atoms with van der Waals surface area (Å²) in [4.78, 5) is 18.2. The van der Waals surface area contributed by atoms with Gasteiger partial charge in [-0.2, -0.15) is 0 Å². The molecule has 0 amide bonds. The number of carbonyl (C=O) groups is 1. The number of esters is 1. The average molecular weight is 279 g/mol. The van der Waals surface area contributed by atoms with Crippen molar-refractivity contribution < 1.29 is 9.53 Å². The Morgan fingerprint density at radius 3 is 2.60 bits per heavy atom. The van der Waals surface area contributed by atoms with E-state index in [1.807, 2.05) is 11.9 Å². The largest absolute Gasteiger partial charge is 0.462 e. The zero-order chi connectivity index (χ0) is 15.5. The van der Waals surface area contributed by atoms with Gasteiger partial charge in [0.25, 0.3) is 0 Å². The highest BCUT2D eigenvalue weighted by Crippen LogP contribution is 2.30. The van der Waals surface area contributed by atoms with Crippen LogP contribution >= 0.6 is 0 Å². The molecule has 2 N–H and O–H groups in total. The van der Waals surface area contributed by atoms with Gasteiger partial charge in [-0.25, -0.2) is 9.78 Å². The van der Waals surface area contributed by atoms with Crippen molar-refractivity contribution in [3.8, 4) is 0 Å². The highest BCUT2D eigenvalue weighted by molar-refractivity contribution is 5.97. The number of pyridine rings is 1. The summed E-state index contributed by atoms with van der Waals surface area (Å²) in [5.74, 6) is 0.198. The molecule has 0 aliphatic heterocycles. The van der Waals surface area contributed by atoms with Crippen LogP contribution in [-0.4, -0.2) is 30.6 Å². The second-order valence-electron chi connectivity index (χ2n) is 5.97. The molecule has 0 aromatic carbocycles. The molecule has 0 spiro atoms. The lowest BCUT2D eigenvalue weighted by Crippen LogP contribution is -2.40. The topological polar surface area (TPSA) is 68.5 Å². The Labute approximate surface area is 121 Å². The number of nitrogen functional groups attached to an aromatic ring is 1. The standard InChI is InChI=1S/C15H25N3O2/c1-7-20-14(19)11-8-9-17-13(12(11)16)18(6)10(2)15(3,4)5/h8-10H,7,16H2,1-6H3. The first-order valence-electron chi connectivity index (χ1n) is 6.84. The van der Waals surface area contributed by atoms with Gasteiger partial charge in [-0.1, -0.05) is 20.8 Å². The molecular weight excluding hydrogens is 254 g/mol. The zero-order valence-electron chi connectivity index (χ0n) is 13.2. The van der Waals surface area contributed by atoms with E-state index in [1.54, 1.807) is 19.2 Å². The number of anilines is 2. The van der Waals surface area contributed by atoms with Crippen molar-refractivity contribution in [2.24, 2.45) is 5.41 Å². The minimum atomic E-state index is -0.412. The van der Waals surface area contributed by atoms with Gasteiger partial charge in [0.05, 0.1) is 17.9 Å². The lowest BCUT2D eigenvalue weighted by atomic mass is 9.87. The summed E-state index contributed by atoms with van der Waals surface area (Å²) in [7, 11) is 1.93. The molecule has 1 atom stereocenters. The normalized spacial score (nSPS) is 12.9. The van der Waals surface area contributed by atoms with Crippen LogP contribution in [0, 0.1) is 5.41 Å². The van der Waals surface area contributed by atoms with Gasteiger partial charge in [-0.3, -0.25) is 0 Å². The van der Waals surface area contributed by atoms with Gasteiger partial charge in [-0.05, 0) is 25.3 Å². The van der Waals surface area contributed by atoms with E-state index in [0.29, 0.717) is 23.7 Å². The molecule has 0 radical (unpaired) electrons. The molecule has 1 rings (SSSR count). The third-order valence-electron chi connectivity index (χ3n) is 3.63. The number of carbonyl (C=O) groups excluding carboxylic acids is 1. The Hall–Kier alpha value is -1.78. The van der Waals surface area contributed by atoms with E-state index in [-0.39, 0.29) is 11.5 Å². The maximum Gasteiger partial charge on any atom is 0.340 e. The minimum Gasteiger partial charge on any atom is -0.462 e. The van der Waals surface area contributed by atoms with Gasteiger partial charge in [0.2, 0.25) is 0 Å². The van der Waals surface area contributed by atoms with Crippen molar-refractivity contribution in [2.45, 2.75) is 40.7 Å². The van der Waals surface area contributed by atoms with Crippen LogP contribution < -0.4 is 10.6 Å². The van der Waals surface area contributed by atoms with Crippen molar-refractivity contribution in [3.05, 3.63) is 17.8 Å². The minimum absolute atomic E-state index is 0.0722. The van der Waals surface area contributed by atoms with Gasteiger partial charge in [-0.15, -0.1) is 0 Å². The summed E-state index contributed by atoms with van der Waals surface area (Å²) in [6.07, 6.45) is 1.59. The fourth-order valence-electron chi connectivity index (χ4n) is 1.89. The molecule has 1 unspecified atom stereocenters. The molecule has 0 saturated carbocycles. The number of hydrogen-bond acceptors (Lipinski definition) is 5. The predicted octanol–water partition coefficient (Wildman–Crippen LogP) is 2.71. The molecule has 5 heteroatoms. The van der Waals surface area contributed by atoms with Crippen molar-refractivity contribution >= 4 is 17.5 Å². The maximum atomic E-state index is 11.9. The van der Waals surface area contributed by atoms with Crippen molar-refractivity contribution in [1.29, 1.82) is 0 Å². The SMILES string of the molecule is CCOC(=O)c1ccnc(N(C)C(C)C(C)(C)C)c1N. The Morgan fingerprint density at radius 1 is 1.50 bits per heavy atom. The fraction of sp³-hybridized carbons (Fsp3) is 0.600. The van der Waals surface area contributed by atoms with Crippen molar-refractivity contribution in [1.82, 2.24) is 4.98 Å². The number of rotatable bonds is 4. The summed E-state index contributed by atoms with van der Waals surface area (Å²) in [5, 5.41) is 0. The van der Waals surface area contributed by atoms with Crippen LogP contribution in [0.5, 0.6) is 0 Å². The lowest BCUT2D eigenvalue weighted by Gasteiger charge is -2.36. The van der Waals surface area contributed by atoms with Crippen LogP contribution in [0.4, 0.5) is 11.5 Å². The number of hydrogen-bond donors (Lipinski definition) is 1. The van der Waals surface area contributed by atoms with Gasteiger partial charge < -0.3 is 15.4 Å². The molecule has 0 bridgehead atoms. The predicted molar refractivity (Wildman–Crippen MR) is 81.9 cm³/mol. The summed E-state index contributed by atoms with van der Waals surface area (Å²) in [6, 6.07) is 1.81. The van der Waals surface area contributed by atoms with Gasteiger partial charge in [0.1, 0.15) is 0 Å². The highest BCUT2D eigenvalue weighted by atomic mass is 16.5. The monoisotopic (exact) mass is 279 g/mol. The molecule has 0 fully saturated rings. The summed E-state index contributed by atoms with van der Waals surface area (Å²) in [6.45, 7) is 10.7. The van der Waals surface area contributed by atoms with E-state index in [0.717, 1.165) is 0 Å². The summed E-state index contributed by atoms with van der Waals surface area (Å²) >= 11 is 0. The first-order valence-corrected chi connectivity index (χ1v) is 6.84. The summed E-state index contributed by atoms with van der Waals surface area (Å²) in [5.41, 5.74) is 6.89. The van der Waals surface area contributed by atoms with Crippen molar-refractivity contribution in [3.63, 3.8) is 0 Å². The van der Waals surface area contributed by atoms with E-state index < -0.39 is 5.97 Å². The molecule has 112 valence electrons. The van der Waals surface area contributed by atoms with Crippen LogP contribution in [0.3, 0.4) is 0 Å². The molecule has 1 aromatic rings. The van der Waals surface area contributed by atoms with E-state index in [2.05, 4.69) is 32.7 Å².